The molecule has 1 unspecified atom stereocenters. The maximum atomic E-state index is 13.0. The van der Waals surface area contributed by atoms with Crippen molar-refractivity contribution in [1.29, 1.82) is 0 Å². The van der Waals surface area contributed by atoms with Crippen LogP contribution in [0.5, 0.6) is 11.5 Å². The summed E-state index contributed by atoms with van der Waals surface area (Å²) in [6.07, 6.45) is -3.50. The summed E-state index contributed by atoms with van der Waals surface area (Å²) < 4.78 is 77.2. The second-order valence-corrected chi connectivity index (χ2v) is 7.61. The topological polar surface area (TPSA) is 35.8 Å². The summed E-state index contributed by atoms with van der Waals surface area (Å²) in [5.74, 6) is -0.100. The largest absolute Gasteiger partial charge is 0.492 e. The van der Waals surface area contributed by atoms with Gasteiger partial charge in [-0.25, -0.2) is 0 Å². The van der Waals surface area contributed by atoms with Gasteiger partial charge in [0, 0.05) is 29.7 Å². The van der Waals surface area contributed by atoms with E-state index in [4.69, 9.17) is 4.74 Å². The second-order valence-electron chi connectivity index (χ2n) is 5.97. The van der Waals surface area contributed by atoms with E-state index in [1.54, 1.807) is 12.1 Å². The zero-order valence-electron chi connectivity index (χ0n) is 14.2. The molecule has 0 spiro atoms. The van der Waals surface area contributed by atoms with Crippen LogP contribution < -0.4 is 15.0 Å². The molecular formula is C17H13Br2F5N2O2. The molecule has 1 aliphatic heterocycles. The van der Waals surface area contributed by atoms with Crippen LogP contribution in [0, 0.1) is 0 Å². The van der Waals surface area contributed by atoms with Crippen molar-refractivity contribution in [1.82, 2.24) is 4.57 Å². The Balaban J connectivity index is 2.16. The van der Waals surface area contributed by atoms with E-state index in [0.29, 0.717) is 34.9 Å². The molecular weight excluding hydrogens is 519 g/mol. The lowest BCUT2D eigenvalue weighted by atomic mass is 10.0. The van der Waals surface area contributed by atoms with E-state index in [9.17, 15) is 22.0 Å². The van der Waals surface area contributed by atoms with E-state index in [1.165, 1.54) is 7.05 Å². The molecule has 0 fully saturated rings. The van der Waals surface area contributed by atoms with E-state index < -0.39 is 30.1 Å². The third-order valence-corrected chi connectivity index (χ3v) is 6.05. The van der Waals surface area contributed by atoms with Gasteiger partial charge in [0.2, 0.25) is 0 Å². The Morgan fingerprint density at radius 1 is 1.29 bits per heavy atom. The fourth-order valence-corrected chi connectivity index (χ4v) is 3.63. The molecule has 0 radical (unpaired) electrons. The van der Waals surface area contributed by atoms with Crippen LogP contribution in [-0.4, -0.2) is 17.8 Å². The van der Waals surface area contributed by atoms with Crippen LogP contribution in [0.1, 0.15) is 23.6 Å². The van der Waals surface area contributed by atoms with Crippen LogP contribution in [0.4, 0.5) is 22.0 Å². The lowest BCUT2D eigenvalue weighted by Crippen LogP contribution is -2.26. The number of alkyl halides is 5. The molecule has 11 heteroatoms. The van der Waals surface area contributed by atoms with E-state index in [1.807, 2.05) is 0 Å². The monoisotopic (exact) mass is 530 g/mol. The summed E-state index contributed by atoms with van der Waals surface area (Å²) in [5, 5.41) is 0. The number of hydrogen-bond acceptors (Lipinski definition) is 3. The molecule has 2 aromatic rings. The molecule has 3 rings (SSSR count). The molecule has 152 valence electrons. The molecule has 4 nitrogen and oxygen atoms in total. The Hall–Kier alpha value is -1.62. The standard InChI is InChI=1S/C17H13Br2F5N2O2/c1-26-7-8(17(22,23)24)6-12(28-16(20)21)15(26)25-11-4-5-27-14-9(11)2-3-10(18)13(14)19/h2-3,6-7,11,16H,4-5H2,1H3/b25-15-. The number of rotatable bonds is 3. The Morgan fingerprint density at radius 3 is 2.64 bits per heavy atom. The van der Waals surface area contributed by atoms with Gasteiger partial charge in [0.05, 0.1) is 22.7 Å². The molecule has 1 aromatic carbocycles. The van der Waals surface area contributed by atoms with Gasteiger partial charge >= 0.3 is 12.8 Å². The molecule has 0 aliphatic carbocycles. The molecule has 28 heavy (non-hydrogen) atoms. The van der Waals surface area contributed by atoms with Crippen molar-refractivity contribution in [2.45, 2.75) is 25.3 Å². The van der Waals surface area contributed by atoms with Gasteiger partial charge in [-0.05, 0) is 44.0 Å². The number of benzene rings is 1. The van der Waals surface area contributed by atoms with E-state index >= 15 is 0 Å². The van der Waals surface area contributed by atoms with Gasteiger partial charge in [-0.1, -0.05) is 6.07 Å². The van der Waals surface area contributed by atoms with Gasteiger partial charge in [0.15, 0.2) is 11.2 Å². The average molecular weight is 532 g/mol. The normalized spacial score (nSPS) is 17.5. The first kappa shape index (κ1) is 21.1. The van der Waals surface area contributed by atoms with Crippen molar-refractivity contribution in [3.63, 3.8) is 0 Å². The number of aromatic nitrogens is 1. The third-order valence-electron chi connectivity index (χ3n) is 4.07. The summed E-state index contributed by atoms with van der Waals surface area (Å²) >= 11 is 6.77. The summed E-state index contributed by atoms with van der Waals surface area (Å²) in [4.78, 5) is 4.43. The number of halogens is 7. The van der Waals surface area contributed by atoms with Gasteiger partial charge in [-0.2, -0.15) is 22.0 Å². The second kappa shape index (κ2) is 8.02. The van der Waals surface area contributed by atoms with E-state index in [-0.39, 0.29) is 5.49 Å². The number of nitrogens with zero attached hydrogens (tertiary/aromatic N) is 2. The minimum absolute atomic E-state index is 0.120. The highest BCUT2D eigenvalue weighted by molar-refractivity contribution is 9.13. The fourth-order valence-electron chi connectivity index (χ4n) is 2.84. The predicted molar refractivity (Wildman–Crippen MR) is 97.3 cm³/mol. The van der Waals surface area contributed by atoms with E-state index in [0.717, 1.165) is 15.2 Å². The van der Waals surface area contributed by atoms with Crippen molar-refractivity contribution in [2.24, 2.45) is 12.0 Å². The van der Waals surface area contributed by atoms with Gasteiger partial charge in [-0.15, -0.1) is 0 Å². The van der Waals surface area contributed by atoms with Gasteiger partial charge in [0.1, 0.15) is 5.75 Å². The zero-order chi connectivity index (χ0) is 20.6. The van der Waals surface area contributed by atoms with Crippen molar-refractivity contribution >= 4 is 31.9 Å². The molecule has 0 N–H and O–H groups in total. The molecule has 2 heterocycles. The van der Waals surface area contributed by atoms with Crippen LogP contribution in [0.25, 0.3) is 0 Å². The quantitative estimate of drug-likeness (QED) is 0.484. The molecule has 0 saturated carbocycles. The molecule has 0 saturated heterocycles. The van der Waals surface area contributed by atoms with Crippen molar-refractivity contribution in [2.75, 3.05) is 6.61 Å². The molecule has 0 amide bonds. The van der Waals surface area contributed by atoms with Gasteiger partial charge in [0.25, 0.3) is 0 Å². The first-order valence-corrected chi connectivity index (χ1v) is 9.53. The Labute approximate surface area is 173 Å². The zero-order valence-corrected chi connectivity index (χ0v) is 17.4. The molecule has 1 aliphatic rings. The Bertz CT molecular complexity index is 960. The fraction of sp³-hybridized carbons (Fsp3) is 0.353. The van der Waals surface area contributed by atoms with Crippen LogP contribution in [-0.2, 0) is 13.2 Å². The maximum Gasteiger partial charge on any atom is 0.417 e. The Morgan fingerprint density at radius 2 is 2.00 bits per heavy atom. The average Bonchev–Trinajstić information content (AvgIpc) is 2.59. The van der Waals surface area contributed by atoms with Crippen LogP contribution in [0.3, 0.4) is 0 Å². The van der Waals surface area contributed by atoms with Crippen molar-refractivity contribution in [3.8, 4) is 11.5 Å². The Kier molecular flexibility index (Phi) is 6.04. The summed E-state index contributed by atoms with van der Waals surface area (Å²) in [6, 6.07) is 3.55. The highest BCUT2D eigenvalue weighted by atomic mass is 79.9. The first-order chi connectivity index (χ1) is 13.1. The summed E-state index contributed by atoms with van der Waals surface area (Å²) in [7, 11) is 1.30. The number of ether oxygens (including phenoxy) is 2. The number of fused-ring (bicyclic) bond motifs is 1. The van der Waals surface area contributed by atoms with Crippen molar-refractivity contribution in [3.05, 3.63) is 50.0 Å². The lowest BCUT2D eigenvalue weighted by Gasteiger charge is -2.25. The minimum Gasteiger partial charge on any atom is -0.492 e. The van der Waals surface area contributed by atoms with Crippen LogP contribution >= 0.6 is 31.9 Å². The summed E-state index contributed by atoms with van der Waals surface area (Å²) in [6.45, 7) is -2.98. The van der Waals surface area contributed by atoms with Crippen LogP contribution in [0.15, 0.2) is 38.3 Å². The van der Waals surface area contributed by atoms with Gasteiger partial charge in [-0.3, -0.25) is 4.99 Å². The van der Waals surface area contributed by atoms with Crippen LogP contribution in [0.2, 0.25) is 0 Å². The predicted octanol–water partition coefficient (Wildman–Crippen LogP) is 5.59. The third kappa shape index (κ3) is 4.35. The smallest absolute Gasteiger partial charge is 0.417 e. The first-order valence-electron chi connectivity index (χ1n) is 7.95. The number of aryl methyl sites for hydroxylation is 1. The van der Waals surface area contributed by atoms with Crippen molar-refractivity contribution < 1.29 is 31.4 Å². The minimum atomic E-state index is -4.71. The highest BCUT2D eigenvalue weighted by Crippen LogP contribution is 2.43. The van der Waals surface area contributed by atoms with Gasteiger partial charge < -0.3 is 14.0 Å². The molecule has 1 atom stereocenters. The lowest BCUT2D eigenvalue weighted by molar-refractivity contribution is -0.138. The molecule has 1 aromatic heterocycles. The van der Waals surface area contributed by atoms with E-state index in [2.05, 4.69) is 41.6 Å². The SMILES string of the molecule is Cn1cc(C(F)(F)F)cc(OC(F)F)/c1=N/C1CCOc2c1ccc(Br)c2Br. The molecule has 0 bridgehead atoms. The number of hydrogen-bond donors (Lipinski definition) is 0. The maximum absolute atomic E-state index is 13.0. The summed E-state index contributed by atoms with van der Waals surface area (Å²) in [5.41, 5.74) is -0.543. The number of pyridine rings is 1. The highest BCUT2D eigenvalue weighted by Gasteiger charge is 2.33.